The van der Waals surface area contributed by atoms with Crippen molar-refractivity contribution in [3.05, 3.63) is 47.8 Å². The molecule has 1 N–H and O–H groups in total. The second-order valence-electron chi connectivity index (χ2n) is 4.92. The number of aliphatic hydroxyl groups is 1. The third-order valence-electron chi connectivity index (χ3n) is 3.29. The highest BCUT2D eigenvalue weighted by atomic mass is 16.5. The standard InChI is InChI=1S/C15H18N2O2/c1-2-17-10-12(9-16-17)15(18)11-4-3-5-14(8-11)19-13-6-7-13/h3-5,8-10,13,15,18H,2,6-7H2,1H3. The Kier molecular flexibility index (Phi) is 3.25. The highest BCUT2D eigenvalue weighted by Crippen LogP contribution is 2.29. The van der Waals surface area contributed by atoms with Gasteiger partial charge in [-0.25, -0.2) is 0 Å². The van der Waals surface area contributed by atoms with Crippen LogP contribution < -0.4 is 4.74 Å². The lowest BCUT2D eigenvalue weighted by Crippen LogP contribution is -2.01. The fraction of sp³-hybridized carbons (Fsp3) is 0.400. The second kappa shape index (κ2) is 5.05. The average molecular weight is 258 g/mol. The Morgan fingerprint density at radius 3 is 2.95 bits per heavy atom. The number of aryl methyl sites for hydroxylation is 1. The Bertz CT molecular complexity index is 561. The van der Waals surface area contributed by atoms with Gasteiger partial charge in [0.25, 0.3) is 0 Å². The van der Waals surface area contributed by atoms with E-state index in [2.05, 4.69) is 5.10 Å². The quantitative estimate of drug-likeness (QED) is 0.896. The van der Waals surface area contributed by atoms with E-state index >= 15 is 0 Å². The lowest BCUT2D eigenvalue weighted by molar-refractivity contribution is 0.219. The number of aromatic nitrogens is 2. The van der Waals surface area contributed by atoms with Crippen molar-refractivity contribution in [1.82, 2.24) is 9.78 Å². The van der Waals surface area contributed by atoms with Gasteiger partial charge >= 0.3 is 0 Å². The molecule has 1 fully saturated rings. The average Bonchev–Trinajstić information content (AvgIpc) is 3.11. The van der Waals surface area contributed by atoms with Gasteiger partial charge in [-0.1, -0.05) is 12.1 Å². The van der Waals surface area contributed by atoms with Gasteiger partial charge in [-0.15, -0.1) is 0 Å². The maximum Gasteiger partial charge on any atom is 0.120 e. The van der Waals surface area contributed by atoms with Crippen molar-refractivity contribution in [2.45, 2.75) is 38.5 Å². The molecule has 1 unspecified atom stereocenters. The molecule has 1 atom stereocenters. The fourth-order valence-corrected chi connectivity index (χ4v) is 2.02. The van der Waals surface area contributed by atoms with Gasteiger partial charge in [-0.2, -0.15) is 5.10 Å². The summed E-state index contributed by atoms with van der Waals surface area (Å²) in [6, 6.07) is 7.67. The molecular weight excluding hydrogens is 240 g/mol. The summed E-state index contributed by atoms with van der Waals surface area (Å²) in [5.74, 6) is 0.835. The van der Waals surface area contributed by atoms with Crippen LogP contribution in [0, 0.1) is 0 Å². The van der Waals surface area contributed by atoms with E-state index < -0.39 is 6.10 Å². The summed E-state index contributed by atoms with van der Waals surface area (Å²) in [7, 11) is 0. The lowest BCUT2D eigenvalue weighted by atomic mass is 10.0. The highest BCUT2D eigenvalue weighted by molar-refractivity contribution is 5.34. The van der Waals surface area contributed by atoms with Gasteiger partial charge < -0.3 is 9.84 Å². The molecule has 4 nitrogen and oxygen atoms in total. The Hall–Kier alpha value is -1.81. The first-order chi connectivity index (χ1) is 9.26. The first-order valence-electron chi connectivity index (χ1n) is 6.73. The highest BCUT2D eigenvalue weighted by Gasteiger charge is 2.23. The van der Waals surface area contributed by atoms with Crippen molar-refractivity contribution in [3.63, 3.8) is 0 Å². The van der Waals surface area contributed by atoms with Crippen LogP contribution in [-0.4, -0.2) is 21.0 Å². The van der Waals surface area contributed by atoms with E-state index in [-0.39, 0.29) is 0 Å². The minimum Gasteiger partial charge on any atom is -0.490 e. The van der Waals surface area contributed by atoms with Crippen molar-refractivity contribution < 1.29 is 9.84 Å². The third kappa shape index (κ3) is 2.79. The molecule has 0 spiro atoms. The summed E-state index contributed by atoms with van der Waals surface area (Å²) in [5.41, 5.74) is 1.65. The predicted octanol–water partition coefficient (Wildman–Crippen LogP) is 2.53. The van der Waals surface area contributed by atoms with Crippen LogP contribution >= 0.6 is 0 Å². The number of hydrogen-bond donors (Lipinski definition) is 1. The van der Waals surface area contributed by atoms with Gasteiger partial charge in [0.2, 0.25) is 0 Å². The van der Waals surface area contributed by atoms with E-state index in [0.717, 1.165) is 36.3 Å². The van der Waals surface area contributed by atoms with Gasteiger partial charge in [0.05, 0.1) is 12.3 Å². The van der Waals surface area contributed by atoms with Crippen LogP contribution in [0.2, 0.25) is 0 Å². The van der Waals surface area contributed by atoms with Crippen molar-refractivity contribution >= 4 is 0 Å². The third-order valence-corrected chi connectivity index (χ3v) is 3.29. The zero-order chi connectivity index (χ0) is 13.2. The molecule has 0 radical (unpaired) electrons. The molecule has 2 aromatic rings. The van der Waals surface area contributed by atoms with Crippen molar-refractivity contribution in [2.75, 3.05) is 0 Å². The molecule has 1 aliphatic rings. The molecule has 4 heteroatoms. The van der Waals surface area contributed by atoms with E-state index in [4.69, 9.17) is 4.74 Å². The van der Waals surface area contributed by atoms with Crippen molar-refractivity contribution in [2.24, 2.45) is 0 Å². The van der Waals surface area contributed by atoms with Crippen LogP contribution in [0.1, 0.15) is 37.0 Å². The molecule has 1 aliphatic carbocycles. The van der Waals surface area contributed by atoms with Gasteiger partial charge in [0, 0.05) is 18.3 Å². The Balaban J connectivity index is 1.79. The molecular formula is C15H18N2O2. The maximum absolute atomic E-state index is 10.4. The number of aliphatic hydroxyl groups excluding tert-OH is 1. The van der Waals surface area contributed by atoms with Crippen molar-refractivity contribution in [3.8, 4) is 5.75 Å². The summed E-state index contributed by atoms with van der Waals surface area (Å²) >= 11 is 0. The molecule has 1 saturated carbocycles. The SMILES string of the molecule is CCn1cc(C(O)c2cccc(OC3CC3)c2)cn1. The summed E-state index contributed by atoms with van der Waals surface area (Å²) in [6.07, 6.45) is 5.58. The number of rotatable bonds is 5. The first kappa shape index (κ1) is 12.2. The Morgan fingerprint density at radius 1 is 1.42 bits per heavy atom. The van der Waals surface area contributed by atoms with E-state index in [1.165, 1.54) is 0 Å². The zero-order valence-electron chi connectivity index (χ0n) is 11.0. The van der Waals surface area contributed by atoms with E-state index in [9.17, 15) is 5.11 Å². The van der Waals surface area contributed by atoms with Crippen molar-refractivity contribution in [1.29, 1.82) is 0 Å². The Labute approximate surface area is 112 Å². The van der Waals surface area contributed by atoms with Gasteiger partial charge in [0.15, 0.2) is 0 Å². The van der Waals surface area contributed by atoms with Crippen LogP contribution in [0.25, 0.3) is 0 Å². The normalized spacial score (nSPS) is 16.3. The number of benzene rings is 1. The summed E-state index contributed by atoms with van der Waals surface area (Å²) < 4.78 is 7.56. The molecule has 1 aromatic carbocycles. The van der Waals surface area contributed by atoms with Gasteiger partial charge in [-0.05, 0) is 37.5 Å². The molecule has 1 aromatic heterocycles. The van der Waals surface area contributed by atoms with Crippen LogP contribution in [-0.2, 0) is 6.54 Å². The zero-order valence-corrected chi connectivity index (χ0v) is 11.0. The summed E-state index contributed by atoms with van der Waals surface area (Å²) in [4.78, 5) is 0. The van der Waals surface area contributed by atoms with Crippen LogP contribution in [0.3, 0.4) is 0 Å². The van der Waals surface area contributed by atoms with Gasteiger partial charge in [0.1, 0.15) is 11.9 Å². The summed E-state index contributed by atoms with van der Waals surface area (Å²) in [6.45, 7) is 2.82. The smallest absolute Gasteiger partial charge is 0.120 e. The van der Waals surface area contributed by atoms with E-state index in [1.807, 2.05) is 42.1 Å². The molecule has 3 rings (SSSR count). The molecule has 0 aliphatic heterocycles. The molecule has 0 amide bonds. The van der Waals surface area contributed by atoms with Gasteiger partial charge in [-0.3, -0.25) is 4.68 Å². The molecule has 1 heterocycles. The number of hydrogen-bond acceptors (Lipinski definition) is 3. The molecule has 100 valence electrons. The summed E-state index contributed by atoms with van der Waals surface area (Å²) in [5, 5.41) is 14.6. The van der Waals surface area contributed by atoms with E-state index in [0.29, 0.717) is 6.10 Å². The monoisotopic (exact) mass is 258 g/mol. The number of nitrogens with zero attached hydrogens (tertiary/aromatic N) is 2. The lowest BCUT2D eigenvalue weighted by Gasteiger charge is -2.11. The number of ether oxygens (including phenoxy) is 1. The minimum atomic E-state index is -0.650. The first-order valence-corrected chi connectivity index (χ1v) is 6.73. The molecule has 19 heavy (non-hydrogen) atoms. The minimum absolute atomic E-state index is 0.371. The molecule has 0 bridgehead atoms. The molecule has 0 saturated heterocycles. The maximum atomic E-state index is 10.4. The van der Waals surface area contributed by atoms with Crippen LogP contribution in [0.15, 0.2) is 36.7 Å². The van der Waals surface area contributed by atoms with E-state index in [1.54, 1.807) is 6.20 Å². The van der Waals surface area contributed by atoms with Crippen LogP contribution in [0.4, 0.5) is 0 Å². The topological polar surface area (TPSA) is 47.3 Å². The Morgan fingerprint density at radius 2 is 2.26 bits per heavy atom. The predicted molar refractivity (Wildman–Crippen MR) is 72.1 cm³/mol. The second-order valence-corrected chi connectivity index (χ2v) is 4.92. The fourth-order valence-electron chi connectivity index (χ4n) is 2.02. The van der Waals surface area contributed by atoms with Crippen LogP contribution in [0.5, 0.6) is 5.75 Å². The largest absolute Gasteiger partial charge is 0.490 e.